The highest BCUT2D eigenvalue weighted by atomic mass is 35.5. The number of thioether (sulfide) groups is 1. The molecule has 1 aromatic heterocycles. The number of methoxy groups -OCH3 is 1. The van der Waals surface area contributed by atoms with Crippen LogP contribution in [0.15, 0.2) is 59.6 Å². The van der Waals surface area contributed by atoms with E-state index in [-0.39, 0.29) is 18.3 Å². The summed E-state index contributed by atoms with van der Waals surface area (Å²) in [5, 5.41) is 22.2. The molecule has 1 unspecified atom stereocenters. The van der Waals surface area contributed by atoms with Crippen molar-refractivity contribution in [1.82, 2.24) is 9.88 Å². The molecule has 4 rings (SSSR count). The van der Waals surface area contributed by atoms with E-state index in [1.807, 2.05) is 42.5 Å². The fourth-order valence-electron chi connectivity index (χ4n) is 5.14. The van der Waals surface area contributed by atoms with Gasteiger partial charge < -0.3 is 19.8 Å². The van der Waals surface area contributed by atoms with Gasteiger partial charge in [0.15, 0.2) is 0 Å². The summed E-state index contributed by atoms with van der Waals surface area (Å²) < 4.78 is 5.35. The van der Waals surface area contributed by atoms with E-state index in [4.69, 9.17) is 16.3 Å². The molecule has 2 heterocycles. The molecule has 0 amide bonds. The molecule has 3 atom stereocenters. The van der Waals surface area contributed by atoms with Gasteiger partial charge >= 0.3 is 5.97 Å². The lowest BCUT2D eigenvalue weighted by atomic mass is 9.79. The smallest absolute Gasteiger partial charge is 0.303 e. The standard InChI is InChI=1S/C28H33ClN2O4S/c1-35-22-6-7-26-25(17-22)24(9-11-30-26)27(32)8-5-19-10-12-31(18-20(19)15-28(33)34)13-14-36-23-4-2-3-21(29)16-23/h2-4,6-7,9,11,16-17,19-20,27,32H,5,8,10,12-15,18H2,1H3,(H,33,34)/t19-,20+,27?/m1/s1. The van der Waals surface area contributed by atoms with Gasteiger partial charge in [-0.25, -0.2) is 0 Å². The number of aliphatic hydroxyl groups excluding tert-OH is 1. The van der Waals surface area contributed by atoms with Crippen molar-refractivity contribution in [2.45, 2.75) is 36.7 Å². The summed E-state index contributed by atoms with van der Waals surface area (Å²) in [5.74, 6) is 1.26. The van der Waals surface area contributed by atoms with Crippen molar-refractivity contribution in [3.8, 4) is 5.75 Å². The van der Waals surface area contributed by atoms with Crippen molar-refractivity contribution < 1.29 is 19.7 Å². The third-order valence-corrected chi connectivity index (χ3v) is 8.25. The molecule has 36 heavy (non-hydrogen) atoms. The average Bonchev–Trinajstić information content (AvgIpc) is 2.87. The summed E-state index contributed by atoms with van der Waals surface area (Å²) in [6, 6.07) is 15.4. The fraction of sp³-hybridized carbons (Fsp3) is 0.429. The van der Waals surface area contributed by atoms with Crippen LogP contribution in [0.2, 0.25) is 5.02 Å². The number of carboxylic acids is 1. The van der Waals surface area contributed by atoms with Crippen LogP contribution >= 0.6 is 23.4 Å². The van der Waals surface area contributed by atoms with Crippen LogP contribution in [-0.2, 0) is 4.79 Å². The molecule has 0 spiro atoms. The van der Waals surface area contributed by atoms with Crippen LogP contribution in [0, 0.1) is 11.8 Å². The highest BCUT2D eigenvalue weighted by Crippen LogP contribution is 2.35. The Kier molecular flexibility index (Phi) is 9.48. The molecule has 6 nitrogen and oxygen atoms in total. The van der Waals surface area contributed by atoms with E-state index in [0.717, 1.165) is 70.4 Å². The number of hydrogen-bond acceptors (Lipinski definition) is 6. The van der Waals surface area contributed by atoms with Crippen molar-refractivity contribution in [2.24, 2.45) is 11.8 Å². The Balaban J connectivity index is 1.34. The highest BCUT2D eigenvalue weighted by molar-refractivity contribution is 7.99. The zero-order chi connectivity index (χ0) is 25.5. The van der Waals surface area contributed by atoms with E-state index in [0.29, 0.717) is 6.42 Å². The number of aliphatic hydroxyl groups is 1. The van der Waals surface area contributed by atoms with E-state index in [1.54, 1.807) is 25.1 Å². The Morgan fingerprint density at radius 1 is 1.25 bits per heavy atom. The largest absolute Gasteiger partial charge is 0.497 e. The second-order valence-corrected chi connectivity index (χ2v) is 11.0. The summed E-state index contributed by atoms with van der Waals surface area (Å²) in [6.45, 7) is 2.63. The molecule has 0 radical (unpaired) electrons. The van der Waals surface area contributed by atoms with Crippen molar-refractivity contribution in [1.29, 1.82) is 0 Å². The Bertz CT molecular complexity index is 1180. The van der Waals surface area contributed by atoms with Crippen molar-refractivity contribution >= 4 is 40.2 Å². The monoisotopic (exact) mass is 528 g/mol. The van der Waals surface area contributed by atoms with Gasteiger partial charge in [-0.05, 0) is 85.7 Å². The normalized spacial score (nSPS) is 19.3. The fourth-order valence-corrected chi connectivity index (χ4v) is 6.36. The molecule has 1 aliphatic heterocycles. The number of fused-ring (bicyclic) bond motifs is 1. The Hall–Kier alpha value is -2.32. The number of rotatable bonds is 11. The quantitative estimate of drug-likeness (QED) is 0.299. The maximum atomic E-state index is 11.6. The van der Waals surface area contributed by atoms with Crippen molar-refractivity contribution in [2.75, 3.05) is 32.5 Å². The number of likely N-dealkylation sites (tertiary alicyclic amines) is 1. The van der Waals surface area contributed by atoms with E-state index < -0.39 is 12.1 Å². The van der Waals surface area contributed by atoms with Crippen LogP contribution in [-0.4, -0.2) is 58.6 Å². The first-order chi connectivity index (χ1) is 17.4. The molecule has 1 fully saturated rings. The second-order valence-electron chi connectivity index (χ2n) is 9.39. The molecule has 0 aliphatic carbocycles. The minimum absolute atomic E-state index is 0.0777. The first kappa shape index (κ1) is 26.7. The van der Waals surface area contributed by atoms with Crippen LogP contribution < -0.4 is 4.74 Å². The number of nitrogens with zero attached hydrogens (tertiary/aromatic N) is 2. The molecule has 1 saturated heterocycles. The molecule has 0 bridgehead atoms. The number of halogens is 1. The van der Waals surface area contributed by atoms with Crippen LogP contribution in [0.4, 0.5) is 0 Å². The SMILES string of the molecule is COc1ccc2nccc(C(O)CC[C@@H]3CCN(CCSc4cccc(Cl)c4)C[C@@H]3CC(=O)O)c2c1. The van der Waals surface area contributed by atoms with Crippen LogP contribution in [0.5, 0.6) is 5.75 Å². The summed E-state index contributed by atoms with van der Waals surface area (Å²) in [7, 11) is 1.62. The van der Waals surface area contributed by atoms with Gasteiger partial charge in [0.2, 0.25) is 0 Å². The minimum Gasteiger partial charge on any atom is -0.497 e. The number of carboxylic acid groups (broad SMARTS) is 1. The van der Waals surface area contributed by atoms with Gasteiger partial charge in [-0.15, -0.1) is 11.8 Å². The number of benzene rings is 2. The van der Waals surface area contributed by atoms with Gasteiger partial charge in [0.05, 0.1) is 18.7 Å². The summed E-state index contributed by atoms with van der Waals surface area (Å²) in [4.78, 5) is 19.5. The number of pyridine rings is 1. The number of hydrogen-bond donors (Lipinski definition) is 2. The van der Waals surface area contributed by atoms with Crippen LogP contribution in [0.3, 0.4) is 0 Å². The summed E-state index contributed by atoms with van der Waals surface area (Å²) >= 11 is 7.85. The minimum atomic E-state index is -0.757. The molecular weight excluding hydrogens is 496 g/mol. The van der Waals surface area contributed by atoms with E-state index in [2.05, 4.69) is 16.0 Å². The maximum absolute atomic E-state index is 11.6. The van der Waals surface area contributed by atoms with Gasteiger partial charge in [-0.3, -0.25) is 9.78 Å². The summed E-state index contributed by atoms with van der Waals surface area (Å²) in [5.41, 5.74) is 1.66. The van der Waals surface area contributed by atoms with E-state index in [1.165, 1.54) is 0 Å². The van der Waals surface area contributed by atoms with Gasteiger partial charge in [0.25, 0.3) is 0 Å². The first-order valence-corrected chi connectivity index (χ1v) is 13.7. The average molecular weight is 529 g/mol. The predicted molar refractivity (Wildman–Crippen MR) is 145 cm³/mol. The summed E-state index contributed by atoms with van der Waals surface area (Å²) in [6.07, 6.45) is 3.56. The lowest BCUT2D eigenvalue weighted by Gasteiger charge is -2.38. The van der Waals surface area contributed by atoms with Crippen LogP contribution in [0.25, 0.3) is 10.9 Å². The lowest BCUT2D eigenvalue weighted by Crippen LogP contribution is -2.42. The van der Waals surface area contributed by atoms with Gasteiger partial charge in [0.1, 0.15) is 5.75 Å². The Morgan fingerprint density at radius 3 is 2.89 bits per heavy atom. The second kappa shape index (κ2) is 12.8. The number of aromatic nitrogens is 1. The first-order valence-electron chi connectivity index (χ1n) is 12.4. The van der Waals surface area contributed by atoms with E-state index >= 15 is 0 Å². The third kappa shape index (κ3) is 7.13. The number of piperidine rings is 1. The van der Waals surface area contributed by atoms with Gasteiger partial charge in [-0.1, -0.05) is 17.7 Å². The molecular formula is C28H33ClN2O4S. The number of carbonyl (C=O) groups is 1. The zero-order valence-electron chi connectivity index (χ0n) is 20.5. The topological polar surface area (TPSA) is 82.9 Å². The Morgan fingerprint density at radius 2 is 2.11 bits per heavy atom. The van der Waals surface area contributed by atoms with Gasteiger partial charge in [0, 0.05) is 46.8 Å². The molecule has 1 aliphatic rings. The predicted octanol–water partition coefficient (Wildman–Crippen LogP) is 5.92. The van der Waals surface area contributed by atoms with E-state index in [9.17, 15) is 15.0 Å². The van der Waals surface area contributed by atoms with Crippen LogP contribution in [0.1, 0.15) is 37.4 Å². The van der Waals surface area contributed by atoms with Crippen molar-refractivity contribution in [3.05, 3.63) is 65.3 Å². The third-order valence-electron chi connectivity index (χ3n) is 7.04. The highest BCUT2D eigenvalue weighted by Gasteiger charge is 2.31. The maximum Gasteiger partial charge on any atom is 0.303 e. The zero-order valence-corrected chi connectivity index (χ0v) is 22.0. The van der Waals surface area contributed by atoms with Gasteiger partial charge in [-0.2, -0.15) is 0 Å². The number of ether oxygens (including phenoxy) is 1. The molecule has 3 aromatic rings. The lowest BCUT2D eigenvalue weighted by molar-refractivity contribution is -0.139. The molecule has 0 saturated carbocycles. The molecule has 8 heteroatoms. The Labute approximate surface area is 221 Å². The number of aliphatic carboxylic acids is 1. The molecule has 192 valence electrons. The molecule has 2 N–H and O–H groups in total. The van der Waals surface area contributed by atoms with Crippen molar-refractivity contribution in [3.63, 3.8) is 0 Å². The molecule has 2 aromatic carbocycles.